The van der Waals surface area contributed by atoms with Crippen LogP contribution in [0, 0.1) is 0 Å². The second-order valence-corrected chi connectivity index (χ2v) is 4.76. The first-order valence-electron chi connectivity index (χ1n) is 7.38. The Morgan fingerprint density at radius 3 is 1.82 bits per heavy atom. The van der Waals surface area contributed by atoms with Gasteiger partial charge in [0.25, 0.3) is 0 Å². The zero-order valence-corrected chi connectivity index (χ0v) is 11.8. The number of hydrogen-bond acceptors (Lipinski definition) is 1. The van der Waals surface area contributed by atoms with Gasteiger partial charge in [-0.2, -0.15) is 0 Å². The zero-order valence-electron chi connectivity index (χ0n) is 11.8. The molecule has 0 saturated heterocycles. The summed E-state index contributed by atoms with van der Waals surface area (Å²) in [5, 5.41) is 8.80. The number of aliphatic hydroxyl groups is 1. The summed E-state index contributed by atoms with van der Waals surface area (Å²) in [5.74, 6) is 0. The number of unbranched alkanes of at least 4 members (excludes halogenated alkanes) is 6. The summed E-state index contributed by atoms with van der Waals surface area (Å²) in [6, 6.07) is 0. The number of rotatable bonds is 11. The Bertz CT molecular complexity index is 198. The van der Waals surface area contributed by atoms with Crippen molar-refractivity contribution >= 4 is 0 Å². The van der Waals surface area contributed by atoms with E-state index < -0.39 is 0 Å². The third kappa shape index (κ3) is 11.7. The molecule has 0 aliphatic carbocycles. The van der Waals surface area contributed by atoms with Gasteiger partial charge in [0.1, 0.15) is 0 Å². The molecule has 0 rings (SSSR count). The Balaban J connectivity index is 3.85. The first-order valence-corrected chi connectivity index (χ1v) is 7.38. The second kappa shape index (κ2) is 13.5. The van der Waals surface area contributed by atoms with Gasteiger partial charge in [0, 0.05) is 0 Å². The lowest BCUT2D eigenvalue weighted by Gasteiger charge is -2.04. The van der Waals surface area contributed by atoms with Gasteiger partial charge in [-0.15, -0.1) is 5.73 Å². The molecule has 0 aliphatic heterocycles. The molecule has 17 heavy (non-hydrogen) atoms. The third-order valence-corrected chi connectivity index (χ3v) is 3.06. The van der Waals surface area contributed by atoms with Crippen LogP contribution in [0.5, 0.6) is 0 Å². The minimum Gasteiger partial charge on any atom is -0.392 e. The molecule has 0 spiro atoms. The van der Waals surface area contributed by atoms with E-state index in [-0.39, 0.29) is 6.61 Å². The molecule has 0 radical (unpaired) electrons. The predicted molar refractivity (Wildman–Crippen MR) is 76.2 cm³/mol. The van der Waals surface area contributed by atoms with Crippen LogP contribution in [0.15, 0.2) is 17.4 Å². The van der Waals surface area contributed by atoms with E-state index in [0.29, 0.717) is 0 Å². The van der Waals surface area contributed by atoms with Crippen LogP contribution in [0.3, 0.4) is 0 Å². The van der Waals surface area contributed by atoms with Crippen LogP contribution in [-0.4, -0.2) is 11.7 Å². The maximum Gasteiger partial charge on any atom is 0.0686 e. The smallest absolute Gasteiger partial charge is 0.0686 e. The lowest BCUT2D eigenvalue weighted by molar-refractivity contribution is 0.343. The van der Waals surface area contributed by atoms with Gasteiger partial charge in [-0.3, -0.25) is 0 Å². The lowest BCUT2D eigenvalue weighted by atomic mass is 10.0. The van der Waals surface area contributed by atoms with Gasteiger partial charge < -0.3 is 5.11 Å². The Kier molecular flexibility index (Phi) is 13.1. The molecule has 0 aromatic rings. The van der Waals surface area contributed by atoms with Crippen LogP contribution in [-0.2, 0) is 0 Å². The lowest BCUT2D eigenvalue weighted by Crippen LogP contribution is -1.86. The topological polar surface area (TPSA) is 20.2 Å². The quantitative estimate of drug-likeness (QED) is 0.396. The number of aliphatic hydroxyl groups excluding tert-OH is 1. The van der Waals surface area contributed by atoms with Crippen LogP contribution < -0.4 is 0 Å². The van der Waals surface area contributed by atoms with E-state index in [9.17, 15) is 0 Å². The predicted octanol–water partition coefficient (Wildman–Crippen LogP) is 5.00. The highest BCUT2D eigenvalue weighted by molar-refractivity contribution is 5.01. The molecular formula is C16H30O. The van der Waals surface area contributed by atoms with Gasteiger partial charge in [0.05, 0.1) is 6.61 Å². The first-order chi connectivity index (χ1) is 8.35. The highest BCUT2D eigenvalue weighted by Gasteiger charge is 1.97. The molecule has 0 heterocycles. The van der Waals surface area contributed by atoms with Crippen LogP contribution in [0.25, 0.3) is 0 Å². The average molecular weight is 238 g/mol. The van der Waals surface area contributed by atoms with E-state index in [1.54, 1.807) is 6.08 Å². The largest absolute Gasteiger partial charge is 0.392 e. The van der Waals surface area contributed by atoms with Gasteiger partial charge in [-0.1, -0.05) is 52.4 Å². The van der Waals surface area contributed by atoms with Crippen LogP contribution in [0.4, 0.5) is 0 Å². The fourth-order valence-electron chi connectivity index (χ4n) is 1.99. The van der Waals surface area contributed by atoms with E-state index in [0.717, 1.165) is 0 Å². The first kappa shape index (κ1) is 16.5. The molecule has 1 heteroatoms. The molecule has 0 bridgehead atoms. The molecule has 0 aliphatic rings. The SMILES string of the molecule is CCCCCCC(=C=CCO)CCCCCC. The summed E-state index contributed by atoms with van der Waals surface area (Å²) in [6.07, 6.45) is 14.6. The van der Waals surface area contributed by atoms with Crippen LogP contribution in [0.1, 0.15) is 78.1 Å². The minimum atomic E-state index is 0.118. The van der Waals surface area contributed by atoms with E-state index in [4.69, 9.17) is 5.11 Å². The molecule has 0 amide bonds. The summed E-state index contributed by atoms with van der Waals surface area (Å²) in [5.41, 5.74) is 4.67. The zero-order chi connectivity index (χ0) is 12.8. The summed E-state index contributed by atoms with van der Waals surface area (Å²) >= 11 is 0. The highest BCUT2D eigenvalue weighted by Crippen LogP contribution is 2.16. The standard InChI is InChI=1S/C16H30O/c1-3-5-7-9-12-16(14-11-15-17)13-10-8-6-4-2/h11,17H,3-10,12-13,15H2,1-2H3. The van der Waals surface area contributed by atoms with Crippen molar-refractivity contribution in [1.29, 1.82) is 0 Å². The summed E-state index contributed by atoms with van der Waals surface area (Å²) in [7, 11) is 0. The summed E-state index contributed by atoms with van der Waals surface area (Å²) < 4.78 is 0. The van der Waals surface area contributed by atoms with Crippen molar-refractivity contribution in [2.75, 3.05) is 6.61 Å². The summed E-state index contributed by atoms with van der Waals surface area (Å²) in [4.78, 5) is 0. The van der Waals surface area contributed by atoms with Gasteiger partial charge in [-0.05, 0) is 37.3 Å². The van der Waals surface area contributed by atoms with E-state index in [1.807, 2.05) is 0 Å². The number of hydrogen-bond donors (Lipinski definition) is 1. The Hall–Kier alpha value is -0.520. The Morgan fingerprint density at radius 1 is 0.882 bits per heavy atom. The van der Waals surface area contributed by atoms with Crippen molar-refractivity contribution in [3.63, 3.8) is 0 Å². The molecule has 100 valence electrons. The van der Waals surface area contributed by atoms with Crippen molar-refractivity contribution < 1.29 is 5.11 Å². The van der Waals surface area contributed by atoms with Crippen molar-refractivity contribution in [2.45, 2.75) is 78.1 Å². The monoisotopic (exact) mass is 238 g/mol. The molecule has 0 saturated carbocycles. The van der Waals surface area contributed by atoms with Crippen molar-refractivity contribution in [1.82, 2.24) is 0 Å². The molecule has 1 nitrogen and oxygen atoms in total. The molecule has 0 aromatic carbocycles. The van der Waals surface area contributed by atoms with E-state index in [2.05, 4.69) is 19.6 Å². The fourth-order valence-corrected chi connectivity index (χ4v) is 1.99. The highest BCUT2D eigenvalue weighted by atomic mass is 16.2. The molecule has 0 aromatic heterocycles. The van der Waals surface area contributed by atoms with Gasteiger partial charge >= 0.3 is 0 Å². The normalized spacial score (nSPS) is 10.1. The summed E-state index contributed by atoms with van der Waals surface area (Å²) in [6.45, 7) is 4.60. The second-order valence-electron chi connectivity index (χ2n) is 4.76. The van der Waals surface area contributed by atoms with Crippen LogP contribution >= 0.6 is 0 Å². The molecular weight excluding hydrogens is 208 g/mol. The molecule has 1 N–H and O–H groups in total. The van der Waals surface area contributed by atoms with Crippen molar-refractivity contribution in [3.05, 3.63) is 17.4 Å². The van der Waals surface area contributed by atoms with Gasteiger partial charge in [-0.25, -0.2) is 0 Å². The Labute approximate surface area is 108 Å². The Morgan fingerprint density at radius 2 is 1.41 bits per heavy atom. The van der Waals surface area contributed by atoms with Crippen molar-refractivity contribution in [3.8, 4) is 0 Å². The fraction of sp³-hybridized carbons (Fsp3) is 0.812. The maximum absolute atomic E-state index is 8.80. The van der Waals surface area contributed by atoms with Crippen molar-refractivity contribution in [2.24, 2.45) is 0 Å². The average Bonchev–Trinajstić information content (AvgIpc) is 2.35. The third-order valence-electron chi connectivity index (χ3n) is 3.06. The van der Waals surface area contributed by atoms with Gasteiger partial charge in [0.2, 0.25) is 0 Å². The van der Waals surface area contributed by atoms with E-state index >= 15 is 0 Å². The van der Waals surface area contributed by atoms with Gasteiger partial charge in [0.15, 0.2) is 0 Å². The van der Waals surface area contributed by atoms with Crippen LogP contribution in [0.2, 0.25) is 0 Å². The maximum atomic E-state index is 8.80. The molecule has 0 unspecified atom stereocenters. The minimum absolute atomic E-state index is 0.118. The van der Waals surface area contributed by atoms with E-state index in [1.165, 1.54) is 69.8 Å². The molecule has 0 atom stereocenters. The molecule has 0 fully saturated rings.